The number of likely N-dealkylation sites (tertiary alicyclic amines) is 1. The van der Waals surface area contributed by atoms with Crippen LogP contribution in [0.15, 0.2) is 0 Å². The molecule has 170 valence electrons. The molecule has 0 aromatic rings. The maximum Gasteiger partial charge on any atom is 0.326 e. The molecule has 2 saturated heterocycles. The van der Waals surface area contributed by atoms with Crippen LogP contribution in [0.5, 0.6) is 0 Å². The van der Waals surface area contributed by atoms with Gasteiger partial charge in [0.1, 0.15) is 5.54 Å². The summed E-state index contributed by atoms with van der Waals surface area (Å²) >= 11 is 0. The minimum atomic E-state index is -0.742. The van der Waals surface area contributed by atoms with E-state index in [0.29, 0.717) is 19.0 Å². The minimum Gasteiger partial charge on any atom is -0.346 e. The van der Waals surface area contributed by atoms with Gasteiger partial charge in [0.05, 0.1) is 6.67 Å². The van der Waals surface area contributed by atoms with Crippen LogP contribution >= 0.6 is 0 Å². The number of rotatable bonds is 6. The third kappa shape index (κ3) is 4.82. The molecule has 30 heavy (non-hydrogen) atoms. The summed E-state index contributed by atoms with van der Waals surface area (Å²) in [5.74, 6) is 0.627. The van der Waals surface area contributed by atoms with Crippen molar-refractivity contribution in [2.75, 3.05) is 33.4 Å². The first-order chi connectivity index (χ1) is 14.1. The van der Waals surface area contributed by atoms with E-state index in [1.54, 1.807) is 0 Å². The Morgan fingerprint density at radius 3 is 2.47 bits per heavy atom. The molecule has 2 aliphatic heterocycles. The van der Waals surface area contributed by atoms with Crippen molar-refractivity contribution >= 4 is 17.8 Å². The van der Waals surface area contributed by atoms with Crippen molar-refractivity contribution in [3.05, 3.63) is 0 Å². The van der Waals surface area contributed by atoms with E-state index in [9.17, 15) is 14.4 Å². The molecule has 7 nitrogen and oxygen atoms in total. The number of carbonyl (C=O) groups excluding carboxylic acids is 3. The van der Waals surface area contributed by atoms with Crippen molar-refractivity contribution in [1.82, 2.24) is 20.0 Å². The number of hydrogen-bond acceptors (Lipinski definition) is 4. The summed E-state index contributed by atoms with van der Waals surface area (Å²) < 4.78 is 0. The first kappa shape index (κ1) is 23.0. The van der Waals surface area contributed by atoms with E-state index in [2.05, 4.69) is 37.9 Å². The molecule has 3 rings (SSSR count). The van der Waals surface area contributed by atoms with Crippen LogP contribution in [0.4, 0.5) is 4.79 Å². The second-order valence-electron chi connectivity index (χ2n) is 10.7. The lowest BCUT2D eigenvalue weighted by molar-refractivity contribution is -0.138. The molecule has 3 aliphatic rings. The number of hydrogen-bond donors (Lipinski definition) is 1. The Morgan fingerprint density at radius 1 is 1.20 bits per heavy atom. The van der Waals surface area contributed by atoms with Gasteiger partial charge in [0, 0.05) is 32.6 Å². The molecule has 1 spiro atoms. The molecule has 0 aromatic carbocycles. The van der Waals surface area contributed by atoms with Crippen LogP contribution < -0.4 is 5.32 Å². The SMILES string of the molecule is CCCCN(C)C(=O)C1CCN(CN2C(=O)NC3(CC(C)CC(C)(C)C3)C2=O)CC1. The molecular formula is C23H40N4O3. The predicted molar refractivity (Wildman–Crippen MR) is 117 cm³/mol. The van der Waals surface area contributed by atoms with E-state index in [0.717, 1.165) is 58.2 Å². The van der Waals surface area contributed by atoms with Crippen molar-refractivity contribution in [3.63, 3.8) is 0 Å². The predicted octanol–water partition coefficient (Wildman–Crippen LogP) is 3.05. The highest BCUT2D eigenvalue weighted by Crippen LogP contribution is 2.46. The van der Waals surface area contributed by atoms with Gasteiger partial charge in [-0.25, -0.2) is 9.69 Å². The smallest absolute Gasteiger partial charge is 0.326 e. The van der Waals surface area contributed by atoms with Gasteiger partial charge < -0.3 is 10.2 Å². The van der Waals surface area contributed by atoms with E-state index >= 15 is 0 Å². The Balaban J connectivity index is 1.56. The third-order valence-corrected chi connectivity index (χ3v) is 7.13. The fraction of sp³-hybridized carbons (Fsp3) is 0.870. The lowest BCUT2D eigenvalue weighted by Gasteiger charge is -2.44. The van der Waals surface area contributed by atoms with Crippen LogP contribution in [0.25, 0.3) is 0 Å². The second-order valence-corrected chi connectivity index (χ2v) is 10.7. The summed E-state index contributed by atoms with van der Waals surface area (Å²) in [6, 6.07) is -0.262. The summed E-state index contributed by atoms with van der Waals surface area (Å²) in [5, 5.41) is 3.06. The maximum atomic E-state index is 13.3. The molecule has 4 amide bonds. The quantitative estimate of drug-likeness (QED) is 0.671. The van der Waals surface area contributed by atoms with Gasteiger partial charge in [-0.15, -0.1) is 0 Å². The lowest BCUT2D eigenvalue weighted by Crippen LogP contribution is -2.54. The molecule has 2 atom stereocenters. The fourth-order valence-electron chi connectivity index (χ4n) is 5.97. The zero-order chi connectivity index (χ0) is 22.1. The molecular weight excluding hydrogens is 380 g/mol. The van der Waals surface area contributed by atoms with Gasteiger partial charge >= 0.3 is 6.03 Å². The van der Waals surface area contributed by atoms with Crippen molar-refractivity contribution in [2.45, 2.75) is 78.2 Å². The third-order valence-electron chi connectivity index (χ3n) is 7.13. The Hall–Kier alpha value is -1.63. The highest BCUT2D eigenvalue weighted by molar-refractivity contribution is 6.07. The van der Waals surface area contributed by atoms with E-state index < -0.39 is 5.54 Å². The molecule has 7 heteroatoms. The average Bonchev–Trinajstić information content (AvgIpc) is 2.87. The zero-order valence-electron chi connectivity index (χ0n) is 19.5. The topological polar surface area (TPSA) is 73.0 Å². The summed E-state index contributed by atoms with van der Waals surface area (Å²) in [6.45, 7) is 11.3. The number of unbranched alkanes of at least 4 members (excludes halogenated alkanes) is 1. The second kappa shape index (κ2) is 8.85. The van der Waals surface area contributed by atoms with E-state index in [-0.39, 0.29) is 29.2 Å². The van der Waals surface area contributed by atoms with Gasteiger partial charge in [0.2, 0.25) is 5.91 Å². The maximum absolute atomic E-state index is 13.3. The number of amides is 4. The van der Waals surface area contributed by atoms with Crippen molar-refractivity contribution < 1.29 is 14.4 Å². The van der Waals surface area contributed by atoms with Gasteiger partial charge in [0.25, 0.3) is 5.91 Å². The molecule has 0 radical (unpaired) electrons. The monoisotopic (exact) mass is 420 g/mol. The van der Waals surface area contributed by atoms with Crippen LogP contribution in [0.2, 0.25) is 0 Å². The normalized spacial score (nSPS) is 30.0. The Bertz CT molecular complexity index is 671. The van der Waals surface area contributed by atoms with Crippen molar-refractivity contribution in [3.8, 4) is 0 Å². The van der Waals surface area contributed by atoms with Crippen LogP contribution in [0.3, 0.4) is 0 Å². The number of nitrogens with zero attached hydrogens (tertiary/aromatic N) is 3. The lowest BCUT2D eigenvalue weighted by atomic mass is 9.64. The van der Waals surface area contributed by atoms with E-state index in [4.69, 9.17) is 0 Å². The summed E-state index contributed by atoms with van der Waals surface area (Å²) in [5.41, 5.74) is -0.701. The van der Waals surface area contributed by atoms with Crippen LogP contribution in [0.1, 0.15) is 72.6 Å². The summed E-state index contributed by atoms with van der Waals surface area (Å²) in [6.07, 6.45) is 6.18. The molecule has 3 fully saturated rings. The van der Waals surface area contributed by atoms with Gasteiger partial charge in [-0.1, -0.05) is 34.1 Å². The first-order valence-corrected chi connectivity index (χ1v) is 11.7. The molecule has 2 heterocycles. The molecule has 0 aromatic heterocycles. The molecule has 1 aliphatic carbocycles. The van der Waals surface area contributed by atoms with Crippen LogP contribution in [0, 0.1) is 17.3 Å². The van der Waals surface area contributed by atoms with Crippen molar-refractivity contribution in [2.24, 2.45) is 17.3 Å². The largest absolute Gasteiger partial charge is 0.346 e. The van der Waals surface area contributed by atoms with Gasteiger partial charge in [-0.3, -0.25) is 14.5 Å². The van der Waals surface area contributed by atoms with Crippen molar-refractivity contribution in [1.29, 1.82) is 0 Å². The van der Waals surface area contributed by atoms with Gasteiger partial charge in [0.15, 0.2) is 0 Å². The summed E-state index contributed by atoms with van der Waals surface area (Å²) in [4.78, 5) is 44.1. The number of urea groups is 1. The standard InChI is InChI=1S/C23H40N4O3/c1-6-7-10-25(5)19(28)18-8-11-26(12-9-18)16-27-20(29)23(24-21(27)30)14-17(2)13-22(3,4)15-23/h17-18H,6-16H2,1-5H3,(H,24,30). The molecule has 1 N–H and O–H groups in total. The van der Waals surface area contributed by atoms with Gasteiger partial charge in [-0.05, 0) is 49.9 Å². The van der Waals surface area contributed by atoms with E-state index in [1.807, 2.05) is 11.9 Å². The molecule has 0 bridgehead atoms. The van der Waals surface area contributed by atoms with E-state index in [1.165, 1.54) is 4.90 Å². The van der Waals surface area contributed by atoms with Gasteiger partial charge in [-0.2, -0.15) is 0 Å². The number of carbonyl (C=O) groups is 3. The number of imide groups is 1. The first-order valence-electron chi connectivity index (χ1n) is 11.7. The van der Waals surface area contributed by atoms with Crippen LogP contribution in [-0.4, -0.2) is 71.4 Å². The fourth-order valence-corrected chi connectivity index (χ4v) is 5.97. The number of nitrogens with one attached hydrogen (secondary N) is 1. The highest BCUT2D eigenvalue weighted by atomic mass is 16.2. The average molecular weight is 421 g/mol. The zero-order valence-corrected chi connectivity index (χ0v) is 19.5. The van der Waals surface area contributed by atoms with Crippen LogP contribution in [-0.2, 0) is 9.59 Å². The molecule has 1 saturated carbocycles. The Morgan fingerprint density at radius 2 is 1.87 bits per heavy atom. The summed E-state index contributed by atoms with van der Waals surface area (Å²) in [7, 11) is 1.89. The Kier molecular flexibility index (Phi) is 6.80. The molecule has 2 unspecified atom stereocenters. The highest BCUT2D eigenvalue weighted by Gasteiger charge is 2.56. The Labute approximate surface area is 181 Å². The minimum absolute atomic E-state index is 0.0408. The number of piperidine rings is 1.